The molecule has 2 aromatic rings. The summed E-state index contributed by atoms with van der Waals surface area (Å²) in [6.07, 6.45) is -5.49. The number of benzene rings is 2. The summed E-state index contributed by atoms with van der Waals surface area (Å²) >= 11 is 0. The number of ether oxygens (including phenoxy) is 3. The predicted molar refractivity (Wildman–Crippen MR) is 123 cm³/mol. The lowest BCUT2D eigenvalue weighted by Crippen LogP contribution is -2.62. The molecule has 3 rings (SSSR count). The Bertz CT molecular complexity index is 1230. The van der Waals surface area contributed by atoms with Crippen LogP contribution in [0.1, 0.15) is 29.7 Å². The third-order valence-corrected chi connectivity index (χ3v) is 5.95. The third-order valence-electron chi connectivity index (χ3n) is 5.95. The number of methoxy groups -OCH3 is 2. The molecule has 0 amide bonds. The van der Waals surface area contributed by atoms with Crippen molar-refractivity contribution >= 4 is 11.6 Å². The SMILES string of the molecule is COC(OC)C1(C)Oc2ccc([N+](=O)[O-])cc2C(N(C#N)C(N)=NCc2cccc(C(F)(F)F)c2)C1O. The van der Waals surface area contributed by atoms with Crippen LogP contribution in [0.5, 0.6) is 5.75 Å². The van der Waals surface area contributed by atoms with Crippen molar-refractivity contribution in [3.63, 3.8) is 0 Å². The number of alkyl halides is 3. The van der Waals surface area contributed by atoms with Gasteiger partial charge >= 0.3 is 6.18 Å². The summed E-state index contributed by atoms with van der Waals surface area (Å²) in [5.41, 5.74) is 3.46. The van der Waals surface area contributed by atoms with Crippen molar-refractivity contribution in [2.75, 3.05) is 14.2 Å². The number of aliphatic imine (C=N–C) groups is 1. The molecule has 0 radical (unpaired) electrons. The van der Waals surface area contributed by atoms with Crippen molar-refractivity contribution in [2.24, 2.45) is 10.7 Å². The van der Waals surface area contributed by atoms with E-state index in [0.717, 1.165) is 23.1 Å². The topological polar surface area (TPSA) is 156 Å². The molecule has 3 unspecified atom stereocenters. The van der Waals surface area contributed by atoms with E-state index in [-0.39, 0.29) is 29.1 Å². The molecule has 0 saturated heterocycles. The molecule has 0 fully saturated rings. The molecule has 37 heavy (non-hydrogen) atoms. The number of halogens is 3. The van der Waals surface area contributed by atoms with Gasteiger partial charge in [-0.05, 0) is 30.7 Å². The number of nitrogens with two attached hydrogens (primary N) is 1. The van der Waals surface area contributed by atoms with Crippen LogP contribution in [0.15, 0.2) is 47.5 Å². The minimum atomic E-state index is -4.56. The first-order valence-electron chi connectivity index (χ1n) is 10.7. The van der Waals surface area contributed by atoms with Gasteiger partial charge < -0.3 is 25.1 Å². The molecule has 198 valence electrons. The van der Waals surface area contributed by atoms with Gasteiger partial charge in [-0.2, -0.15) is 18.4 Å². The number of nitro groups is 1. The lowest BCUT2D eigenvalue weighted by Gasteiger charge is -2.47. The summed E-state index contributed by atoms with van der Waals surface area (Å²) in [4.78, 5) is 15.6. The fourth-order valence-electron chi connectivity index (χ4n) is 4.14. The lowest BCUT2D eigenvalue weighted by atomic mass is 9.83. The van der Waals surface area contributed by atoms with Gasteiger partial charge in [-0.1, -0.05) is 12.1 Å². The van der Waals surface area contributed by atoms with E-state index < -0.39 is 46.7 Å². The monoisotopic (exact) mass is 523 g/mol. The van der Waals surface area contributed by atoms with Gasteiger partial charge in [0.05, 0.1) is 17.0 Å². The summed E-state index contributed by atoms with van der Waals surface area (Å²) in [6, 6.07) is 6.69. The molecular weight excluding hydrogens is 499 g/mol. The van der Waals surface area contributed by atoms with Gasteiger partial charge in [0, 0.05) is 31.9 Å². The van der Waals surface area contributed by atoms with Crippen LogP contribution in [-0.4, -0.2) is 53.1 Å². The summed E-state index contributed by atoms with van der Waals surface area (Å²) in [7, 11) is 2.62. The fourth-order valence-corrected chi connectivity index (χ4v) is 4.14. The first-order valence-corrected chi connectivity index (χ1v) is 10.7. The summed E-state index contributed by atoms with van der Waals surface area (Å²) < 4.78 is 55.6. The summed E-state index contributed by atoms with van der Waals surface area (Å²) in [6.45, 7) is 1.14. The number of nitrogens with zero attached hydrogens (tertiary/aromatic N) is 4. The minimum Gasteiger partial charge on any atom is -0.479 e. The Balaban J connectivity index is 2.06. The zero-order valence-corrected chi connectivity index (χ0v) is 20.0. The Morgan fingerprint density at radius 3 is 2.59 bits per heavy atom. The molecular formula is C23H24F3N5O6. The largest absolute Gasteiger partial charge is 0.479 e. The van der Waals surface area contributed by atoms with Crippen LogP contribution in [-0.2, 0) is 22.2 Å². The van der Waals surface area contributed by atoms with Crippen molar-refractivity contribution in [1.29, 1.82) is 5.26 Å². The van der Waals surface area contributed by atoms with E-state index in [1.54, 1.807) is 6.19 Å². The number of nitriles is 1. The molecule has 3 atom stereocenters. The van der Waals surface area contributed by atoms with E-state index in [1.165, 1.54) is 45.4 Å². The van der Waals surface area contributed by atoms with Crippen LogP contribution in [0.2, 0.25) is 0 Å². The first kappa shape index (κ1) is 27.7. The second kappa shape index (κ2) is 10.6. The Hall–Kier alpha value is -3.93. The van der Waals surface area contributed by atoms with Crippen molar-refractivity contribution < 1.29 is 37.4 Å². The normalized spacial score (nSPS) is 21.6. The number of guanidine groups is 1. The smallest absolute Gasteiger partial charge is 0.416 e. The number of nitro benzene ring substituents is 1. The average Bonchev–Trinajstić information content (AvgIpc) is 2.85. The number of rotatable bonds is 7. The molecule has 0 saturated carbocycles. The van der Waals surface area contributed by atoms with Gasteiger partial charge in [-0.25, -0.2) is 9.89 Å². The molecule has 0 aliphatic carbocycles. The second-order valence-corrected chi connectivity index (χ2v) is 8.30. The van der Waals surface area contributed by atoms with Gasteiger partial charge in [0.2, 0.25) is 5.96 Å². The lowest BCUT2D eigenvalue weighted by molar-refractivity contribution is -0.385. The number of hydrogen-bond donors (Lipinski definition) is 2. The highest BCUT2D eigenvalue weighted by Gasteiger charge is 2.54. The molecule has 14 heteroatoms. The zero-order chi connectivity index (χ0) is 27.5. The molecule has 11 nitrogen and oxygen atoms in total. The Morgan fingerprint density at radius 1 is 1.35 bits per heavy atom. The molecule has 1 heterocycles. The summed E-state index contributed by atoms with van der Waals surface area (Å²) in [5.74, 6) is -0.356. The molecule has 3 N–H and O–H groups in total. The first-order chi connectivity index (χ1) is 17.4. The van der Waals surface area contributed by atoms with Gasteiger partial charge in [0.15, 0.2) is 18.1 Å². The van der Waals surface area contributed by atoms with Gasteiger partial charge in [-0.3, -0.25) is 10.1 Å². The van der Waals surface area contributed by atoms with Crippen molar-refractivity contribution in [2.45, 2.75) is 43.7 Å². The average molecular weight is 523 g/mol. The number of hydrogen-bond acceptors (Lipinski definition) is 8. The molecule has 1 aliphatic rings. The van der Waals surface area contributed by atoms with E-state index in [9.17, 15) is 33.7 Å². The van der Waals surface area contributed by atoms with Crippen molar-refractivity contribution in [3.05, 3.63) is 69.3 Å². The van der Waals surface area contributed by atoms with Gasteiger partial charge in [0.25, 0.3) is 5.69 Å². The highest BCUT2D eigenvalue weighted by Crippen LogP contribution is 2.46. The maximum absolute atomic E-state index is 13.0. The second-order valence-electron chi connectivity index (χ2n) is 8.30. The molecule has 2 aromatic carbocycles. The van der Waals surface area contributed by atoms with Crippen LogP contribution in [0, 0.1) is 21.6 Å². The van der Waals surface area contributed by atoms with Crippen LogP contribution in [0.25, 0.3) is 0 Å². The molecule has 0 bridgehead atoms. The minimum absolute atomic E-state index is 0.0592. The van der Waals surface area contributed by atoms with Gasteiger partial charge in [-0.15, -0.1) is 0 Å². The standard InChI is InChI=1S/C23H24F3N5O6/c1-22(20(35-2)36-3)19(32)18(16-10-15(31(33)34)7-8-17(16)37-22)30(12-27)21(28)29-11-13-5-4-6-14(9-13)23(24,25)26/h4-10,18-20,32H,11H2,1-3H3,(H2,28,29). The summed E-state index contributed by atoms with van der Waals surface area (Å²) in [5, 5.41) is 32.7. The highest BCUT2D eigenvalue weighted by molar-refractivity contribution is 5.80. The Labute approximate surface area is 209 Å². The van der Waals surface area contributed by atoms with E-state index in [0.29, 0.717) is 0 Å². The van der Waals surface area contributed by atoms with E-state index in [2.05, 4.69) is 4.99 Å². The third kappa shape index (κ3) is 5.43. The fraction of sp³-hybridized carbons (Fsp3) is 0.391. The maximum Gasteiger partial charge on any atom is 0.416 e. The Morgan fingerprint density at radius 2 is 2.03 bits per heavy atom. The maximum atomic E-state index is 13.0. The van der Waals surface area contributed by atoms with E-state index >= 15 is 0 Å². The molecule has 0 aromatic heterocycles. The zero-order valence-electron chi connectivity index (χ0n) is 20.0. The Kier molecular flexibility index (Phi) is 7.91. The predicted octanol–water partition coefficient (Wildman–Crippen LogP) is 3.08. The number of fused-ring (bicyclic) bond motifs is 1. The van der Waals surface area contributed by atoms with Crippen LogP contribution in [0.4, 0.5) is 18.9 Å². The number of aliphatic hydroxyl groups excluding tert-OH is 1. The van der Waals surface area contributed by atoms with Crippen LogP contribution >= 0.6 is 0 Å². The van der Waals surface area contributed by atoms with E-state index in [4.69, 9.17) is 19.9 Å². The van der Waals surface area contributed by atoms with Crippen LogP contribution < -0.4 is 10.5 Å². The number of non-ortho nitro benzene ring substituents is 1. The molecule has 0 spiro atoms. The highest BCUT2D eigenvalue weighted by atomic mass is 19.4. The van der Waals surface area contributed by atoms with Crippen LogP contribution in [0.3, 0.4) is 0 Å². The van der Waals surface area contributed by atoms with Crippen molar-refractivity contribution in [3.8, 4) is 11.9 Å². The quantitative estimate of drug-likeness (QED) is 0.106. The van der Waals surface area contributed by atoms with Gasteiger partial charge in [0.1, 0.15) is 17.9 Å². The number of aliphatic hydroxyl groups is 1. The molecule has 1 aliphatic heterocycles. The van der Waals surface area contributed by atoms with Crippen molar-refractivity contribution in [1.82, 2.24) is 4.90 Å². The van der Waals surface area contributed by atoms with E-state index in [1.807, 2.05) is 0 Å².